The van der Waals surface area contributed by atoms with Crippen LogP contribution in [0.15, 0.2) is 24.7 Å². The van der Waals surface area contributed by atoms with E-state index in [1.165, 1.54) is 11.8 Å². The molecule has 1 fully saturated rings. The zero-order valence-electron chi connectivity index (χ0n) is 17.0. The third-order valence-electron chi connectivity index (χ3n) is 6.77. The fourth-order valence-electron chi connectivity index (χ4n) is 5.15. The predicted molar refractivity (Wildman–Crippen MR) is 110 cm³/mol. The van der Waals surface area contributed by atoms with E-state index < -0.39 is 0 Å². The molecule has 0 aromatic carbocycles. The number of anilines is 1. The van der Waals surface area contributed by atoms with Crippen LogP contribution in [0, 0.1) is 5.82 Å². The van der Waals surface area contributed by atoms with Gasteiger partial charge in [0.2, 0.25) is 5.88 Å². The first-order valence-corrected chi connectivity index (χ1v) is 10.9. The molecule has 0 radical (unpaired) electrons. The smallest absolute Gasteiger partial charge is 0.219 e. The highest BCUT2D eigenvalue weighted by Gasteiger charge is 2.33. The largest absolute Gasteiger partial charge is 0.472 e. The Morgan fingerprint density at radius 3 is 3.07 bits per heavy atom. The number of halogens is 1. The standard InChI is InChI=1S/C22H25FN6O/c1-13-17-8-16(23)11-25-22(17)30-19-6-2-5-18(19)24-9-15-10-26-29-12-14-4-3-7-28(13)20(14)27-21(15)29/h8,10-13,18-19,24H,2-7,9H2,1H3/t13-,18?,19?/m1/s1. The first-order chi connectivity index (χ1) is 14.7. The van der Waals surface area contributed by atoms with Crippen LogP contribution >= 0.6 is 0 Å². The average Bonchev–Trinajstić information content (AvgIpc) is 3.36. The van der Waals surface area contributed by atoms with Crippen LogP contribution in [0.3, 0.4) is 0 Å². The van der Waals surface area contributed by atoms with E-state index in [2.05, 4.69) is 33.4 Å². The van der Waals surface area contributed by atoms with Gasteiger partial charge < -0.3 is 15.0 Å². The fourth-order valence-corrected chi connectivity index (χ4v) is 5.15. The Morgan fingerprint density at radius 1 is 1.20 bits per heavy atom. The van der Waals surface area contributed by atoms with Gasteiger partial charge in [-0.1, -0.05) is 0 Å². The minimum Gasteiger partial charge on any atom is -0.472 e. The number of nitrogens with one attached hydrogen (secondary N) is 1. The molecule has 2 bridgehead atoms. The van der Waals surface area contributed by atoms with Gasteiger partial charge in [0.15, 0.2) is 5.65 Å². The molecule has 1 aliphatic carbocycles. The van der Waals surface area contributed by atoms with E-state index in [-0.39, 0.29) is 24.0 Å². The van der Waals surface area contributed by atoms with Gasteiger partial charge in [0.05, 0.1) is 18.4 Å². The van der Waals surface area contributed by atoms with Crippen molar-refractivity contribution in [2.75, 3.05) is 11.4 Å². The lowest BCUT2D eigenvalue weighted by atomic mass is 10.0. The van der Waals surface area contributed by atoms with E-state index in [4.69, 9.17) is 9.72 Å². The Morgan fingerprint density at radius 2 is 2.13 bits per heavy atom. The summed E-state index contributed by atoms with van der Waals surface area (Å²) in [5, 5.41) is 8.20. The maximum Gasteiger partial charge on any atom is 0.219 e. The van der Waals surface area contributed by atoms with Crippen molar-refractivity contribution < 1.29 is 9.13 Å². The van der Waals surface area contributed by atoms with Crippen molar-refractivity contribution in [3.05, 3.63) is 47.2 Å². The van der Waals surface area contributed by atoms with Crippen molar-refractivity contribution in [3.8, 4) is 5.88 Å². The summed E-state index contributed by atoms with van der Waals surface area (Å²) >= 11 is 0. The lowest BCUT2D eigenvalue weighted by molar-refractivity contribution is 0.164. The number of ether oxygens (including phenoxy) is 1. The van der Waals surface area contributed by atoms with Crippen LogP contribution in [0.4, 0.5) is 10.2 Å². The molecule has 6 rings (SSSR count). The molecule has 7 nitrogen and oxygen atoms in total. The summed E-state index contributed by atoms with van der Waals surface area (Å²) in [6.45, 7) is 3.64. The Labute approximate surface area is 174 Å². The Bertz CT molecular complexity index is 1110. The fraction of sp³-hybridized carbons (Fsp3) is 0.500. The molecule has 156 valence electrons. The first kappa shape index (κ1) is 18.1. The summed E-state index contributed by atoms with van der Waals surface area (Å²) in [4.78, 5) is 11.7. The van der Waals surface area contributed by atoms with Gasteiger partial charge in [0.1, 0.15) is 17.7 Å². The van der Waals surface area contributed by atoms with Gasteiger partial charge in [0, 0.05) is 42.0 Å². The summed E-state index contributed by atoms with van der Waals surface area (Å²) in [7, 11) is 0. The third-order valence-corrected chi connectivity index (χ3v) is 6.77. The first-order valence-electron chi connectivity index (χ1n) is 10.9. The zero-order chi connectivity index (χ0) is 20.2. The van der Waals surface area contributed by atoms with E-state index in [1.807, 2.05) is 10.7 Å². The molecule has 3 aromatic heterocycles. The highest BCUT2D eigenvalue weighted by Crippen LogP contribution is 2.37. The van der Waals surface area contributed by atoms with Crippen molar-refractivity contribution >= 4 is 11.5 Å². The molecular formula is C22H25FN6O. The molecule has 2 aliphatic heterocycles. The Hall–Kier alpha value is -2.74. The lowest BCUT2D eigenvalue weighted by Gasteiger charge is -2.35. The van der Waals surface area contributed by atoms with Crippen molar-refractivity contribution in [2.24, 2.45) is 0 Å². The van der Waals surface area contributed by atoms with Gasteiger partial charge in [-0.25, -0.2) is 18.9 Å². The Kier molecular flexibility index (Phi) is 4.16. The van der Waals surface area contributed by atoms with Crippen LogP contribution in [0.5, 0.6) is 5.88 Å². The molecule has 0 spiro atoms. The summed E-state index contributed by atoms with van der Waals surface area (Å²) < 4.78 is 22.5. The summed E-state index contributed by atoms with van der Waals surface area (Å²) in [6.07, 6.45) is 10.4. The van der Waals surface area contributed by atoms with Gasteiger partial charge in [0.25, 0.3) is 0 Å². The predicted octanol–water partition coefficient (Wildman–Crippen LogP) is 3.18. The number of fused-ring (bicyclic) bond motifs is 2. The summed E-state index contributed by atoms with van der Waals surface area (Å²) in [5.41, 5.74) is 3.92. The molecule has 1 N–H and O–H groups in total. The maximum absolute atomic E-state index is 14.2. The molecule has 5 heterocycles. The van der Waals surface area contributed by atoms with E-state index in [0.29, 0.717) is 12.4 Å². The molecule has 3 aromatic rings. The number of aryl methyl sites for hydroxylation is 1. The molecule has 3 atom stereocenters. The second-order valence-electron chi connectivity index (χ2n) is 8.62. The van der Waals surface area contributed by atoms with Crippen molar-refractivity contribution in [1.82, 2.24) is 24.9 Å². The molecule has 0 saturated heterocycles. The second kappa shape index (κ2) is 6.91. The van der Waals surface area contributed by atoms with Crippen LogP contribution in [0.25, 0.3) is 5.65 Å². The zero-order valence-corrected chi connectivity index (χ0v) is 17.0. The molecule has 30 heavy (non-hydrogen) atoms. The highest BCUT2D eigenvalue weighted by molar-refractivity contribution is 5.59. The molecule has 2 unspecified atom stereocenters. The van der Waals surface area contributed by atoms with Crippen LogP contribution in [-0.4, -0.2) is 38.3 Å². The number of nitrogens with zero attached hydrogens (tertiary/aromatic N) is 5. The summed E-state index contributed by atoms with van der Waals surface area (Å²) in [5.74, 6) is 1.16. The third kappa shape index (κ3) is 2.85. The number of hydrogen-bond acceptors (Lipinski definition) is 6. The minimum absolute atomic E-state index is 0.0220. The average molecular weight is 408 g/mol. The van der Waals surface area contributed by atoms with Gasteiger partial charge in [-0.15, -0.1) is 0 Å². The normalized spacial score (nSPS) is 25.8. The lowest BCUT2D eigenvalue weighted by Crippen LogP contribution is -2.39. The molecule has 0 amide bonds. The number of pyridine rings is 1. The maximum atomic E-state index is 14.2. The molecular weight excluding hydrogens is 383 g/mol. The summed E-state index contributed by atoms with van der Waals surface area (Å²) in [6, 6.07) is 1.69. The van der Waals surface area contributed by atoms with E-state index in [1.54, 1.807) is 6.07 Å². The van der Waals surface area contributed by atoms with Crippen molar-refractivity contribution in [1.29, 1.82) is 0 Å². The number of rotatable bonds is 0. The minimum atomic E-state index is -0.340. The van der Waals surface area contributed by atoms with E-state index in [0.717, 1.165) is 61.2 Å². The van der Waals surface area contributed by atoms with Crippen LogP contribution in [0.2, 0.25) is 0 Å². The van der Waals surface area contributed by atoms with E-state index in [9.17, 15) is 4.39 Å². The molecule has 1 saturated carbocycles. The van der Waals surface area contributed by atoms with E-state index >= 15 is 0 Å². The van der Waals surface area contributed by atoms with Crippen LogP contribution in [0.1, 0.15) is 55.3 Å². The molecule has 8 heteroatoms. The van der Waals surface area contributed by atoms with Gasteiger partial charge >= 0.3 is 0 Å². The van der Waals surface area contributed by atoms with Gasteiger partial charge in [-0.3, -0.25) is 0 Å². The van der Waals surface area contributed by atoms with Crippen LogP contribution < -0.4 is 15.0 Å². The monoisotopic (exact) mass is 408 g/mol. The van der Waals surface area contributed by atoms with Gasteiger partial charge in [-0.05, 0) is 45.1 Å². The Balaban J connectivity index is 1.54. The van der Waals surface area contributed by atoms with Gasteiger partial charge in [-0.2, -0.15) is 5.10 Å². The van der Waals surface area contributed by atoms with Crippen molar-refractivity contribution in [3.63, 3.8) is 0 Å². The topological polar surface area (TPSA) is 67.6 Å². The number of aromatic nitrogens is 4. The highest BCUT2D eigenvalue weighted by atomic mass is 19.1. The second-order valence-corrected chi connectivity index (χ2v) is 8.62. The quantitative estimate of drug-likeness (QED) is 0.616. The van der Waals surface area contributed by atoms with Crippen LogP contribution in [-0.2, 0) is 13.0 Å². The number of hydrogen-bond donors (Lipinski definition) is 1. The van der Waals surface area contributed by atoms with Crippen molar-refractivity contribution in [2.45, 2.75) is 63.8 Å². The SMILES string of the molecule is C[C@@H]1c2cc(F)cnc2OC2CCCC2NCc2cnn3cc4c(nc23)N1CCC4. The molecule has 3 aliphatic rings.